The van der Waals surface area contributed by atoms with Crippen molar-refractivity contribution < 1.29 is 4.74 Å². The maximum Gasteiger partial charge on any atom is 0.0713 e. The lowest BCUT2D eigenvalue weighted by molar-refractivity contribution is 0.172. The third-order valence-electron chi connectivity index (χ3n) is 1.81. The molecule has 0 aliphatic heterocycles. The molecular weight excluding hydrogens is 136 g/mol. The fourth-order valence-electron chi connectivity index (χ4n) is 1.24. The molecule has 0 amide bonds. The van der Waals surface area contributed by atoms with Crippen LogP contribution in [0.4, 0.5) is 0 Å². The van der Waals surface area contributed by atoms with E-state index in [1.165, 1.54) is 12.0 Å². The lowest BCUT2D eigenvalue weighted by Crippen LogP contribution is -2.01. The first-order chi connectivity index (χ1) is 5.33. The van der Waals surface area contributed by atoms with Gasteiger partial charge in [0.1, 0.15) is 0 Å². The van der Waals surface area contributed by atoms with Crippen molar-refractivity contribution in [2.75, 3.05) is 13.2 Å². The zero-order valence-electron chi connectivity index (χ0n) is 7.34. The van der Waals surface area contributed by atoms with E-state index in [-0.39, 0.29) is 0 Å². The van der Waals surface area contributed by atoms with Crippen LogP contribution in [0.25, 0.3) is 0 Å². The molecule has 1 atom stereocenters. The number of hydrogen-bond acceptors (Lipinski definition) is 1. The summed E-state index contributed by atoms with van der Waals surface area (Å²) in [6, 6.07) is 0. The summed E-state index contributed by atoms with van der Waals surface area (Å²) in [7, 11) is 0. The Morgan fingerprint density at radius 2 is 2.45 bits per heavy atom. The van der Waals surface area contributed by atoms with Crippen LogP contribution in [-0.2, 0) is 4.74 Å². The number of rotatable bonds is 3. The van der Waals surface area contributed by atoms with E-state index in [0.29, 0.717) is 5.92 Å². The van der Waals surface area contributed by atoms with Crippen molar-refractivity contribution >= 4 is 0 Å². The molecule has 0 saturated heterocycles. The molecular formula is C10H16O. The molecule has 1 aliphatic carbocycles. The summed E-state index contributed by atoms with van der Waals surface area (Å²) in [5, 5.41) is 0. The molecule has 62 valence electrons. The highest BCUT2D eigenvalue weighted by atomic mass is 16.5. The van der Waals surface area contributed by atoms with Crippen LogP contribution in [0.3, 0.4) is 0 Å². The van der Waals surface area contributed by atoms with Crippen molar-refractivity contribution in [2.45, 2.75) is 20.3 Å². The quantitative estimate of drug-likeness (QED) is 0.604. The first-order valence-corrected chi connectivity index (χ1v) is 4.28. The summed E-state index contributed by atoms with van der Waals surface area (Å²) in [4.78, 5) is 0. The van der Waals surface area contributed by atoms with Crippen molar-refractivity contribution in [3.05, 3.63) is 23.8 Å². The minimum Gasteiger partial charge on any atom is -0.377 e. The fraction of sp³-hybridized carbons (Fsp3) is 0.600. The zero-order chi connectivity index (χ0) is 8.10. The summed E-state index contributed by atoms with van der Waals surface area (Å²) in [5.74, 6) is 0.690. The second-order valence-corrected chi connectivity index (χ2v) is 2.99. The van der Waals surface area contributed by atoms with E-state index in [9.17, 15) is 0 Å². The van der Waals surface area contributed by atoms with Gasteiger partial charge in [-0.05, 0) is 24.8 Å². The Kier molecular flexibility index (Phi) is 3.37. The average Bonchev–Trinajstić information content (AvgIpc) is 2.01. The van der Waals surface area contributed by atoms with Gasteiger partial charge < -0.3 is 4.74 Å². The largest absolute Gasteiger partial charge is 0.377 e. The van der Waals surface area contributed by atoms with E-state index in [4.69, 9.17) is 4.74 Å². The van der Waals surface area contributed by atoms with Gasteiger partial charge in [0, 0.05) is 6.61 Å². The first-order valence-electron chi connectivity index (χ1n) is 4.28. The van der Waals surface area contributed by atoms with Crippen LogP contribution in [0.15, 0.2) is 23.8 Å². The van der Waals surface area contributed by atoms with E-state index in [0.717, 1.165) is 13.2 Å². The Labute approximate surface area is 68.8 Å². The lowest BCUT2D eigenvalue weighted by Gasteiger charge is -2.11. The Balaban J connectivity index is 2.37. The van der Waals surface area contributed by atoms with Gasteiger partial charge in [-0.25, -0.2) is 0 Å². The highest BCUT2D eigenvalue weighted by molar-refractivity contribution is 5.23. The molecule has 1 rings (SSSR count). The zero-order valence-corrected chi connectivity index (χ0v) is 7.34. The second-order valence-electron chi connectivity index (χ2n) is 2.99. The van der Waals surface area contributed by atoms with E-state index in [1.54, 1.807) is 0 Å². The fourth-order valence-corrected chi connectivity index (χ4v) is 1.24. The Morgan fingerprint density at radius 3 is 3.09 bits per heavy atom. The van der Waals surface area contributed by atoms with Crippen molar-refractivity contribution in [1.82, 2.24) is 0 Å². The van der Waals surface area contributed by atoms with Crippen LogP contribution in [0.2, 0.25) is 0 Å². The highest BCUT2D eigenvalue weighted by Gasteiger charge is 2.02. The van der Waals surface area contributed by atoms with E-state index in [2.05, 4.69) is 25.2 Å². The minimum atomic E-state index is 0.690. The molecule has 1 nitrogen and oxygen atoms in total. The highest BCUT2D eigenvalue weighted by Crippen LogP contribution is 2.15. The van der Waals surface area contributed by atoms with Gasteiger partial charge in [-0.3, -0.25) is 0 Å². The number of hydrogen-bond donors (Lipinski definition) is 0. The minimum absolute atomic E-state index is 0.690. The van der Waals surface area contributed by atoms with E-state index < -0.39 is 0 Å². The molecule has 1 aliphatic rings. The molecule has 0 spiro atoms. The molecule has 0 aromatic heterocycles. The standard InChI is InChI=1S/C10H16O/c1-3-11-8-10-6-4-5-9(2)7-10/h4,6-7,9H,3,5,8H2,1-2H3. The molecule has 0 aromatic carbocycles. The maximum absolute atomic E-state index is 5.30. The molecule has 1 unspecified atom stereocenters. The van der Waals surface area contributed by atoms with Crippen molar-refractivity contribution in [3.8, 4) is 0 Å². The van der Waals surface area contributed by atoms with Crippen LogP contribution in [0.1, 0.15) is 20.3 Å². The molecule has 1 heteroatoms. The van der Waals surface area contributed by atoms with Crippen molar-refractivity contribution in [1.29, 1.82) is 0 Å². The molecule has 11 heavy (non-hydrogen) atoms. The van der Waals surface area contributed by atoms with Gasteiger partial charge in [0.15, 0.2) is 0 Å². The summed E-state index contributed by atoms with van der Waals surface area (Å²) < 4.78 is 5.30. The Bertz CT molecular complexity index is 168. The van der Waals surface area contributed by atoms with Gasteiger partial charge in [-0.2, -0.15) is 0 Å². The van der Waals surface area contributed by atoms with E-state index >= 15 is 0 Å². The van der Waals surface area contributed by atoms with Crippen LogP contribution in [-0.4, -0.2) is 13.2 Å². The molecule has 0 aromatic rings. The predicted octanol–water partition coefficient (Wildman–Crippen LogP) is 2.55. The summed E-state index contributed by atoms with van der Waals surface area (Å²) in [6.07, 6.45) is 7.85. The van der Waals surface area contributed by atoms with Gasteiger partial charge >= 0.3 is 0 Å². The second kappa shape index (κ2) is 4.35. The third kappa shape index (κ3) is 2.89. The molecule has 0 radical (unpaired) electrons. The van der Waals surface area contributed by atoms with Gasteiger partial charge in [0.05, 0.1) is 6.61 Å². The third-order valence-corrected chi connectivity index (χ3v) is 1.81. The predicted molar refractivity (Wildman–Crippen MR) is 47.5 cm³/mol. The van der Waals surface area contributed by atoms with Gasteiger partial charge in [0.2, 0.25) is 0 Å². The lowest BCUT2D eigenvalue weighted by atomic mass is 9.99. The summed E-state index contributed by atoms with van der Waals surface area (Å²) in [6.45, 7) is 5.84. The van der Waals surface area contributed by atoms with Crippen LogP contribution >= 0.6 is 0 Å². The van der Waals surface area contributed by atoms with Crippen LogP contribution in [0, 0.1) is 5.92 Å². The normalized spacial score (nSPS) is 23.5. The molecule has 0 bridgehead atoms. The molecule has 0 saturated carbocycles. The van der Waals surface area contributed by atoms with Crippen molar-refractivity contribution in [3.63, 3.8) is 0 Å². The molecule has 0 N–H and O–H groups in total. The average molecular weight is 152 g/mol. The Hall–Kier alpha value is -0.560. The molecule has 0 fully saturated rings. The topological polar surface area (TPSA) is 9.23 Å². The van der Waals surface area contributed by atoms with Gasteiger partial charge in [-0.15, -0.1) is 0 Å². The van der Waals surface area contributed by atoms with Crippen molar-refractivity contribution in [2.24, 2.45) is 5.92 Å². The van der Waals surface area contributed by atoms with E-state index in [1.807, 2.05) is 6.92 Å². The van der Waals surface area contributed by atoms with Crippen LogP contribution in [0.5, 0.6) is 0 Å². The maximum atomic E-state index is 5.30. The number of allylic oxidation sites excluding steroid dienone is 2. The van der Waals surface area contributed by atoms with Crippen LogP contribution < -0.4 is 0 Å². The van der Waals surface area contributed by atoms with Gasteiger partial charge in [-0.1, -0.05) is 25.2 Å². The monoisotopic (exact) mass is 152 g/mol. The summed E-state index contributed by atoms with van der Waals surface area (Å²) in [5.41, 5.74) is 1.32. The SMILES string of the molecule is CCOCC1=CC(C)CC=C1. The Morgan fingerprint density at radius 1 is 1.64 bits per heavy atom. The number of ether oxygens (including phenoxy) is 1. The smallest absolute Gasteiger partial charge is 0.0713 e. The summed E-state index contributed by atoms with van der Waals surface area (Å²) >= 11 is 0. The molecule has 0 heterocycles. The van der Waals surface area contributed by atoms with Gasteiger partial charge in [0.25, 0.3) is 0 Å². The first kappa shape index (κ1) is 8.54.